The van der Waals surface area contributed by atoms with E-state index in [0.29, 0.717) is 17.5 Å². The molecule has 1 fully saturated rings. The Kier molecular flexibility index (Phi) is 2.40. The maximum absolute atomic E-state index is 6.90. The highest BCUT2D eigenvalue weighted by Crippen LogP contribution is 2.32. The Balaban J connectivity index is 2.23. The van der Waals surface area contributed by atoms with Crippen LogP contribution in [0.25, 0.3) is 4.85 Å². The molecule has 0 atom stereocenters. The Bertz CT molecular complexity index is 355. The van der Waals surface area contributed by atoms with Crippen molar-refractivity contribution >= 4 is 11.5 Å². The molecule has 2 N–H and O–H groups in total. The van der Waals surface area contributed by atoms with Crippen LogP contribution in [0.2, 0.25) is 0 Å². The van der Waals surface area contributed by atoms with Crippen LogP contribution in [0.1, 0.15) is 38.1 Å². The summed E-state index contributed by atoms with van der Waals surface area (Å²) in [5.74, 6) is 0.534. The summed E-state index contributed by atoms with van der Waals surface area (Å²) in [6.07, 6.45) is 7.66. The van der Waals surface area contributed by atoms with Gasteiger partial charge >= 0.3 is 0 Å². The summed E-state index contributed by atoms with van der Waals surface area (Å²) in [5.41, 5.74) is 6.31. The van der Waals surface area contributed by atoms with Gasteiger partial charge in [-0.25, -0.2) is 4.85 Å². The van der Waals surface area contributed by atoms with Crippen LogP contribution < -0.4 is 5.73 Å². The van der Waals surface area contributed by atoms with E-state index >= 15 is 0 Å². The molecule has 0 saturated heterocycles. The molecule has 1 aromatic heterocycles. The molecule has 1 aliphatic carbocycles. The van der Waals surface area contributed by atoms with Crippen LogP contribution in [0.4, 0.5) is 11.5 Å². The summed E-state index contributed by atoms with van der Waals surface area (Å²) < 4.78 is 1.83. The van der Waals surface area contributed by atoms with E-state index in [-0.39, 0.29) is 0 Å². The second-order valence-corrected chi connectivity index (χ2v) is 3.76. The van der Waals surface area contributed by atoms with Gasteiger partial charge in [0.15, 0.2) is 0 Å². The van der Waals surface area contributed by atoms with Crippen molar-refractivity contribution in [2.45, 2.75) is 38.1 Å². The van der Waals surface area contributed by atoms with Gasteiger partial charge in [-0.1, -0.05) is 19.3 Å². The van der Waals surface area contributed by atoms with E-state index in [2.05, 4.69) is 9.94 Å². The lowest BCUT2D eigenvalue weighted by Gasteiger charge is -2.23. The molecule has 0 amide bonds. The van der Waals surface area contributed by atoms with E-state index < -0.39 is 0 Å². The molecule has 74 valence electrons. The van der Waals surface area contributed by atoms with Crippen molar-refractivity contribution < 1.29 is 0 Å². The number of hydrogen-bond donors (Lipinski definition) is 1. The largest absolute Gasteiger partial charge is 0.393 e. The highest BCUT2D eigenvalue weighted by molar-refractivity contribution is 5.62. The van der Waals surface area contributed by atoms with E-state index in [9.17, 15) is 0 Å². The van der Waals surface area contributed by atoms with Gasteiger partial charge in [-0.2, -0.15) is 5.10 Å². The Morgan fingerprint density at radius 1 is 1.43 bits per heavy atom. The zero-order chi connectivity index (χ0) is 9.97. The zero-order valence-corrected chi connectivity index (χ0v) is 8.11. The van der Waals surface area contributed by atoms with Crippen LogP contribution in [0, 0.1) is 6.57 Å². The Labute approximate surface area is 83.5 Å². The lowest BCUT2D eigenvalue weighted by molar-refractivity contribution is 0.333. The van der Waals surface area contributed by atoms with Crippen molar-refractivity contribution in [3.8, 4) is 0 Å². The Morgan fingerprint density at radius 3 is 2.71 bits per heavy atom. The number of nitrogens with two attached hydrogens (primary N) is 1. The average Bonchev–Trinajstić information content (AvgIpc) is 2.61. The van der Waals surface area contributed by atoms with Crippen LogP contribution in [0.15, 0.2) is 6.20 Å². The summed E-state index contributed by atoms with van der Waals surface area (Å²) in [7, 11) is 0. The lowest BCUT2D eigenvalue weighted by Crippen LogP contribution is -2.15. The third-order valence-corrected chi connectivity index (χ3v) is 2.85. The highest BCUT2D eigenvalue weighted by Gasteiger charge is 2.19. The second kappa shape index (κ2) is 3.70. The third-order valence-electron chi connectivity index (χ3n) is 2.85. The first kappa shape index (κ1) is 9.07. The topological polar surface area (TPSA) is 48.2 Å². The summed E-state index contributed by atoms with van der Waals surface area (Å²) in [4.78, 5) is 3.33. The van der Waals surface area contributed by atoms with Crippen molar-refractivity contribution in [1.29, 1.82) is 0 Å². The molecule has 1 heterocycles. The monoisotopic (exact) mass is 190 g/mol. The number of anilines is 1. The van der Waals surface area contributed by atoms with Crippen molar-refractivity contribution in [2.75, 3.05) is 5.73 Å². The molecule has 1 aromatic rings. The minimum atomic E-state index is 0.416. The molecule has 0 bridgehead atoms. The van der Waals surface area contributed by atoms with Crippen LogP contribution in [0.3, 0.4) is 0 Å². The normalized spacial score (nSPS) is 17.9. The van der Waals surface area contributed by atoms with E-state index in [1.807, 2.05) is 4.68 Å². The molecule has 0 spiro atoms. The van der Waals surface area contributed by atoms with Gasteiger partial charge in [0.05, 0.1) is 18.8 Å². The van der Waals surface area contributed by atoms with Crippen molar-refractivity contribution in [2.24, 2.45) is 0 Å². The molecule has 0 radical (unpaired) electrons. The fourth-order valence-corrected chi connectivity index (χ4v) is 2.07. The summed E-state index contributed by atoms with van der Waals surface area (Å²) >= 11 is 0. The molecular formula is C10H14N4. The van der Waals surface area contributed by atoms with Gasteiger partial charge in [-0.05, 0) is 12.8 Å². The molecular weight excluding hydrogens is 176 g/mol. The van der Waals surface area contributed by atoms with Crippen LogP contribution in [-0.2, 0) is 0 Å². The Morgan fingerprint density at radius 2 is 2.14 bits per heavy atom. The summed E-state index contributed by atoms with van der Waals surface area (Å²) in [6, 6.07) is 0.416. The minimum Gasteiger partial charge on any atom is -0.393 e. The highest BCUT2D eigenvalue weighted by atomic mass is 15.3. The van der Waals surface area contributed by atoms with E-state index in [1.54, 1.807) is 6.20 Å². The Hall–Kier alpha value is -1.50. The molecule has 4 nitrogen and oxygen atoms in total. The fraction of sp³-hybridized carbons (Fsp3) is 0.600. The van der Waals surface area contributed by atoms with Crippen molar-refractivity contribution in [3.05, 3.63) is 17.6 Å². The van der Waals surface area contributed by atoms with Gasteiger partial charge in [0.25, 0.3) is 0 Å². The van der Waals surface area contributed by atoms with Gasteiger partial charge in [-0.3, -0.25) is 4.68 Å². The van der Waals surface area contributed by atoms with Gasteiger partial charge < -0.3 is 5.73 Å². The molecule has 0 aromatic carbocycles. The minimum absolute atomic E-state index is 0.416. The molecule has 2 rings (SSSR count). The summed E-state index contributed by atoms with van der Waals surface area (Å²) in [6.45, 7) is 6.90. The number of rotatable bonds is 1. The number of hydrogen-bond acceptors (Lipinski definition) is 2. The van der Waals surface area contributed by atoms with Crippen molar-refractivity contribution in [1.82, 2.24) is 9.78 Å². The number of nitrogen functional groups attached to an aromatic ring is 1. The van der Waals surface area contributed by atoms with E-state index in [0.717, 1.165) is 12.8 Å². The molecule has 14 heavy (non-hydrogen) atoms. The van der Waals surface area contributed by atoms with Crippen LogP contribution in [0.5, 0.6) is 0 Å². The maximum atomic E-state index is 6.90. The van der Waals surface area contributed by atoms with Crippen LogP contribution >= 0.6 is 0 Å². The predicted octanol–water partition coefficient (Wildman–Crippen LogP) is 2.52. The van der Waals surface area contributed by atoms with Gasteiger partial charge in [0.1, 0.15) is 5.82 Å². The number of aromatic nitrogens is 2. The lowest BCUT2D eigenvalue weighted by atomic mass is 9.96. The molecule has 1 aliphatic rings. The van der Waals surface area contributed by atoms with E-state index in [1.165, 1.54) is 19.3 Å². The maximum Gasteiger partial charge on any atom is 0.247 e. The van der Waals surface area contributed by atoms with Gasteiger partial charge in [0, 0.05) is 0 Å². The smallest absolute Gasteiger partial charge is 0.247 e. The quantitative estimate of drug-likeness (QED) is 0.692. The van der Waals surface area contributed by atoms with E-state index in [4.69, 9.17) is 12.3 Å². The summed E-state index contributed by atoms with van der Waals surface area (Å²) in [5, 5.41) is 4.19. The first-order valence-electron chi connectivity index (χ1n) is 5.03. The fourth-order valence-electron chi connectivity index (χ4n) is 2.07. The van der Waals surface area contributed by atoms with Crippen LogP contribution in [-0.4, -0.2) is 9.78 Å². The predicted molar refractivity (Wildman–Crippen MR) is 55.0 cm³/mol. The first-order chi connectivity index (χ1) is 6.83. The average molecular weight is 190 g/mol. The number of nitrogens with zero attached hydrogens (tertiary/aromatic N) is 3. The molecule has 0 unspecified atom stereocenters. The zero-order valence-electron chi connectivity index (χ0n) is 8.11. The van der Waals surface area contributed by atoms with Crippen molar-refractivity contribution in [3.63, 3.8) is 0 Å². The molecule has 0 aliphatic heterocycles. The SMILES string of the molecule is [C-]#[N+]c1cnn(C2CCCCC2)c1N. The van der Waals surface area contributed by atoms with Gasteiger partial charge in [0.2, 0.25) is 5.69 Å². The molecule has 4 heteroatoms. The molecule has 1 saturated carbocycles. The standard InChI is InChI=1S/C10H14N4/c1-12-9-7-13-14(10(9)11)8-5-3-2-4-6-8/h7-8H,2-6,11H2. The first-order valence-corrected chi connectivity index (χ1v) is 5.03. The second-order valence-electron chi connectivity index (χ2n) is 3.76. The third kappa shape index (κ3) is 1.46. The van der Waals surface area contributed by atoms with Gasteiger partial charge in [-0.15, -0.1) is 0 Å².